The summed E-state index contributed by atoms with van der Waals surface area (Å²) in [6, 6.07) is 23.8. The maximum atomic E-state index is 12.8. The van der Waals surface area contributed by atoms with Gasteiger partial charge in [-0.15, -0.1) is 0 Å². The van der Waals surface area contributed by atoms with Gasteiger partial charge in [0.05, 0.1) is 13.2 Å². The minimum atomic E-state index is -4.67. The average Bonchev–Trinajstić information content (AvgIpc) is 2.80. The Balaban J connectivity index is 1.61. The van der Waals surface area contributed by atoms with Gasteiger partial charge in [0.2, 0.25) is 5.91 Å². The number of nitrogens with one attached hydrogen (secondary N) is 1. The lowest BCUT2D eigenvalue weighted by Gasteiger charge is -2.19. The number of ketones is 1. The summed E-state index contributed by atoms with van der Waals surface area (Å²) in [7, 11) is 0. The number of rotatable bonds is 11. The molecule has 3 rings (SSSR count). The van der Waals surface area contributed by atoms with Gasteiger partial charge in [-0.25, -0.2) is 0 Å². The molecule has 0 aliphatic heterocycles. The van der Waals surface area contributed by atoms with Crippen molar-refractivity contribution in [2.45, 2.75) is 31.7 Å². The minimum absolute atomic E-state index is 0.0860. The Labute approximate surface area is 195 Å². The topological polar surface area (TPSA) is 64.6 Å². The summed E-state index contributed by atoms with van der Waals surface area (Å²) in [5.74, 6) is -0.501. The SMILES string of the molecule is O=C(CC(F)(F)F)NC(COCc1ccccc1)C(=O)Cc1ccc(Oc2ccccc2)cc1. The summed E-state index contributed by atoms with van der Waals surface area (Å²) in [5, 5.41) is 2.17. The molecular formula is C26H24F3NO4. The van der Waals surface area contributed by atoms with E-state index in [-0.39, 0.29) is 19.6 Å². The zero-order chi connectivity index (χ0) is 24.4. The fourth-order valence-corrected chi connectivity index (χ4v) is 3.14. The van der Waals surface area contributed by atoms with E-state index in [4.69, 9.17) is 9.47 Å². The van der Waals surface area contributed by atoms with Gasteiger partial charge in [-0.3, -0.25) is 9.59 Å². The van der Waals surface area contributed by atoms with Crippen molar-refractivity contribution in [3.05, 3.63) is 96.1 Å². The molecule has 178 valence electrons. The van der Waals surface area contributed by atoms with Crippen molar-refractivity contribution in [2.24, 2.45) is 0 Å². The van der Waals surface area contributed by atoms with Gasteiger partial charge in [0.15, 0.2) is 5.78 Å². The number of Topliss-reactive ketones (excluding diaryl/α,β-unsaturated/α-hetero) is 1. The second-order valence-corrected chi connectivity index (χ2v) is 7.61. The van der Waals surface area contributed by atoms with Crippen LogP contribution < -0.4 is 10.1 Å². The van der Waals surface area contributed by atoms with E-state index in [1.807, 2.05) is 48.5 Å². The van der Waals surface area contributed by atoms with Crippen molar-refractivity contribution in [3.8, 4) is 11.5 Å². The van der Waals surface area contributed by atoms with Crippen LogP contribution in [0, 0.1) is 0 Å². The van der Waals surface area contributed by atoms with Crippen LogP contribution in [0.3, 0.4) is 0 Å². The first kappa shape index (κ1) is 25.0. The molecule has 0 bridgehead atoms. The predicted octanol–water partition coefficient (Wildman–Crippen LogP) is 5.24. The molecule has 0 radical (unpaired) electrons. The molecule has 0 aliphatic carbocycles. The van der Waals surface area contributed by atoms with Crippen molar-refractivity contribution in [3.63, 3.8) is 0 Å². The molecule has 0 spiro atoms. The number of halogens is 3. The van der Waals surface area contributed by atoms with Gasteiger partial charge in [0.25, 0.3) is 0 Å². The molecule has 0 heterocycles. The molecule has 0 aliphatic rings. The zero-order valence-electron chi connectivity index (χ0n) is 18.3. The van der Waals surface area contributed by atoms with Crippen molar-refractivity contribution in [1.29, 1.82) is 0 Å². The van der Waals surface area contributed by atoms with Gasteiger partial charge < -0.3 is 14.8 Å². The maximum Gasteiger partial charge on any atom is 0.397 e. The molecule has 1 amide bonds. The molecule has 1 N–H and O–H groups in total. The van der Waals surface area contributed by atoms with Crippen LogP contribution in [0.2, 0.25) is 0 Å². The third-order valence-corrected chi connectivity index (χ3v) is 4.76. The number of ether oxygens (including phenoxy) is 2. The third-order valence-electron chi connectivity index (χ3n) is 4.76. The zero-order valence-corrected chi connectivity index (χ0v) is 18.3. The highest BCUT2D eigenvalue weighted by Crippen LogP contribution is 2.22. The Bertz CT molecular complexity index is 1050. The van der Waals surface area contributed by atoms with Crippen molar-refractivity contribution < 1.29 is 32.2 Å². The lowest BCUT2D eigenvalue weighted by molar-refractivity contribution is -0.155. The Morgan fingerprint density at radius 1 is 0.794 bits per heavy atom. The number of para-hydroxylation sites is 1. The predicted molar refractivity (Wildman–Crippen MR) is 120 cm³/mol. The summed E-state index contributed by atoms with van der Waals surface area (Å²) in [5.41, 5.74) is 1.47. The molecule has 3 aromatic carbocycles. The van der Waals surface area contributed by atoms with Crippen LogP contribution in [0.1, 0.15) is 17.5 Å². The van der Waals surface area contributed by atoms with Crippen LogP contribution in [0.5, 0.6) is 11.5 Å². The third kappa shape index (κ3) is 8.71. The smallest absolute Gasteiger partial charge is 0.397 e. The van der Waals surface area contributed by atoms with Gasteiger partial charge in [-0.05, 0) is 35.4 Å². The summed E-state index contributed by atoms with van der Waals surface area (Å²) in [6.45, 7) is -0.0855. The van der Waals surface area contributed by atoms with Crippen molar-refractivity contribution in [2.75, 3.05) is 6.61 Å². The molecule has 34 heavy (non-hydrogen) atoms. The molecular weight excluding hydrogens is 447 g/mol. The van der Waals surface area contributed by atoms with Crippen LogP contribution in [0.25, 0.3) is 0 Å². The van der Waals surface area contributed by atoms with E-state index in [0.29, 0.717) is 17.1 Å². The van der Waals surface area contributed by atoms with E-state index in [2.05, 4.69) is 5.32 Å². The van der Waals surface area contributed by atoms with E-state index >= 15 is 0 Å². The van der Waals surface area contributed by atoms with Gasteiger partial charge in [0.1, 0.15) is 24.0 Å². The molecule has 1 atom stereocenters. The highest BCUT2D eigenvalue weighted by atomic mass is 19.4. The molecule has 1 unspecified atom stereocenters. The molecule has 0 aromatic heterocycles. The van der Waals surface area contributed by atoms with Gasteiger partial charge in [-0.1, -0.05) is 60.7 Å². The van der Waals surface area contributed by atoms with Crippen LogP contribution in [0.15, 0.2) is 84.9 Å². The monoisotopic (exact) mass is 471 g/mol. The highest BCUT2D eigenvalue weighted by molar-refractivity contribution is 5.90. The number of carbonyl (C=O) groups excluding carboxylic acids is 2. The van der Waals surface area contributed by atoms with Crippen LogP contribution in [0.4, 0.5) is 13.2 Å². The lowest BCUT2D eigenvalue weighted by atomic mass is 10.0. The summed E-state index contributed by atoms with van der Waals surface area (Å²) < 4.78 is 49.0. The first-order valence-electron chi connectivity index (χ1n) is 10.6. The van der Waals surface area contributed by atoms with Gasteiger partial charge >= 0.3 is 6.18 Å². The van der Waals surface area contributed by atoms with E-state index in [0.717, 1.165) is 5.56 Å². The van der Waals surface area contributed by atoms with Crippen molar-refractivity contribution in [1.82, 2.24) is 5.32 Å². The van der Waals surface area contributed by atoms with Gasteiger partial charge in [0, 0.05) is 6.42 Å². The first-order chi connectivity index (χ1) is 16.3. The Hall–Kier alpha value is -3.65. The van der Waals surface area contributed by atoms with E-state index < -0.39 is 30.3 Å². The van der Waals surface area contributed by atoms with E-state index in [1.54, 1.807) is 36.4 Å². The molecule has 5 nitrogen and oxygen atoms in total. The van der Waals surface area contributed by atoms with Crippen LogP contribution in [-0.2, 0) is 27.4 Å². The normalized spacial score (nSPS) is 12.1. The maximum absolute atomic E-state index is 12.8. The molecule has 0 fully saturated rings. The molecule has 0 saturated heterocycles. The first-order valence-corrected chi connectivity index (χ1v) is 10.6. The largest absolute Gasteiger partial charge is 0.457 e. The Morgan fingerprint density at radius 3 is 2.00 bits per heavy atom. The molecule has 8 heteroatoms. The summed E-state index contributed by atoms with van der Waals surface area (Å²) in [6.07, 6.45) is -6.42. The second-order valence-electron chi connectivity index (χ2n) is 7.61. The number of hydrogen-bond donors (Lipinski definition) is 1. The number of carbonyl (C=O) groups is 2. The molecule has 3 aromatic rings. The second kappa shape index (κ2) is 12.0. The Kier molecular flexibility index (Phi) is 8.81. The van der Waals surface area contributed by atoms with E-state index in [1.165, 1.54) is 0 Å². The standard InChI is InChI=1S/C26H24F3NO4/c27-26(28,29)16-25(32)30-23(18-33-17-20-7-3-1-4-8-20)24(31)15-19-11-13-22(14-12-19)34-21-9-5-2-6-10-21/h1-14,23H,15-18H2,(H,30,32). The number of hydrogen-bond acceptors (Lipinski definition) is 4. The summed E-state index contributed by atoms with van der Waals surface area (Å²) >= 11 is 0. The Morgan fingerprint density at radius 2 is 1.38 bits per heavy atom. The minimum Gasteiger partial charge on any atom is -0.457 e. The lowest BCUT2D eigenvalue weighted by Crippen LogP contribution is -2.45. The van der Waals surface area contributed by atoms with Crippen LogP contribution >= 0.6 is 0 Å². The average molecular weight is 471 g/mol. The summed E-state index contributed by atoms with van der Waals surface area (Å²) in [4.78, 5) is 24.6. The van der Waals surface area contributed by atoms with Crippen LogP contribution in [-0.4, -0.2) is 30.5 Å². The van der Waals surface area contributed by atoms with E-state index in [9.17, 15) is 22.8 Å². The number of alkyl halides is 3. The highest BCUT2D eigenvalue weighted by Gasteiger charge is 2.33. The molecule has 0 saturated carbocycles. The number of benzene rings is 3. The van der Waals surface area contributed by atoms with Gasteiger partial charge in [-0.2, -0.15) is 13.2 Å². The quantitative estimate of drug-likeness (QED) is 0.415. The number of amides is 1. The fourth-order valence-electron chi connectivity index (χ4n) is 3.14. The fraction of sp³-hybridized carbons (Fsp3) is 0.231. The van der Waals surface area contributed by atoms with Crippen molar-refractivity contribution >= 4 is 11.7 Å².